The normalized spacial score (nSPS) is 24.4. The summed E-state index contributed by atoms with van der Waals surface area (Å²) in [7, 11) is 0. The van der Waals surface area contributed by atoms with Crippen molar-refractivity contribution in [1.29, 1.82) is 0 Å². The van der Waals surface area contributed by atoms with Gasteiger partial charge in [0.05, 0.1) is 30.8 Å². The summed E-state index contributed by atoms with van der Waals surface area (Å²) in [6, 6.07) is 4.05. The number of nitrogens with zero attached hydrogens (tertiary/aromatic N) is 5. The summed E-state index contributed by atoms with van der Waals surface area (Å²) in [4.78, 5) is 19.1. The zero-order chi connectivity index (χ0) is 19.8. The molecule has 0 amide bonds. The first-order valence-electron chi connectivity index (χ1n) is 10.2. The van der Waals surface area contributed by atoms with Crippen molar-refractivity contribution in [2.45, 2.75) is 26.1 Å². The third-order valence-corrected chi connectivity index (χ3v) is 5.36. The predicted molar refractivity (Wildman–Crippen MR) is 113 cm³/mol. The average Bonchev–Trinajstić information content (AvgIpc) is 2.69. The maximum absolute atomic E-state index is 5.89. The SMILES string of the molecule is CC1CN(c2nc(N3CCOCC3)c3ccc(NC4=CC=C4)nc3n2)CC(C)O1. The van der Waals surface area contributed by atoms with Crippen LogP contribution >= 0.6 is 0 Å². The fourth-order valence-corrected chi connectivity index (χ4v) is 3.97. The topological polar surface area (TPSA) is 75.6 Å². The summed E-state index contributed by atoms with van der Waals surface area (Å²) in [5, 5.41) is 4.28. The van der Waals surface area contributed by atoms with E-state index in [1.165, 1.54) is 0 Å². The lowest BCUT2D eigenvalue weighted by Gasteiger charge is -2.36. The number of allylic oxidation sites excluding steroid dienone is 3. The first kappa shape index (κ1) is 18.3. The van der Waals surface area contributed by atoms with Gasteiger partial charge in [-0.15, -0.1) is 0 Å². The second-order valence-corrected chi connectivity index (χ2v) is 7.78. The largest absolute Gasteiger partial charge is 0.378 e. The molecule has 2 atom stereocenters. The van der Waals surface area contributed by atoms with Gasteiger partial charge < -0.3 is 24.6 Å². The van der Waals surface area contributed by atoms with Crippen LogP contribution in [0.1, 0.15) is 13.8 Å². The highest BCUT2D eigenvalue weighted by atomic mass is 16.5. The number of anilines is 3. The minimum absolute atomic E-state index is 0.142. The number of rotatable bonds is 4. The van der Waals surface area contributed by atoms with Crippen LogP contribution in [0.3, 0.4) is 0 Å². The number of hydrogen-bond donors (Lipinski definition) is 1. The molecule has 0 saturated carbocycles. The number of morpholine rings is 2. The zero-order valence-corrected chi connectivity index (χ0v) is 16.8. The van der Waals surface area contributed by atoms with Gasteiger partial charge in [0, 0.05) is 31.9 Å². The molecule has 2 aromatic heterocycles. The first-order chi connectivity index (χ1) is 14.2. The van der Waals surface area contributed by atoms with E-state index in [0.717, 1.165) is 48.9 Å². The van der Waals surface area contributed by atoms with Gasteiger partial charge in [0.25, 0.3) is 0 Å². The highest BCUT2D eigenvalue weighted by Crippen LogP contribution is 2.29. The molecule has 3 aliphatic rings. The Morgan fingerprint density at radius 2 is 1.76 bits per heavy atom. The number of hydrogen-bond acceptors (Lipinski definition) is 8. The summed E-state index contributed by atoms with van der Waals surface area (Å²) in [6.45, 7) is 8.78. The number of ether oxygens (including phenoxy) is 2. The molecule has 1 N–H and O–H groups in total. The Morgan fingerprint density at radius 1 is 1.00 bits per heavy atom. The maximum Gasteiger partial charge on any atom is 0.229 e. The summed E-state index contributed by atoms with van der Waals surface area (Å²) >= 11 is 0. The van der Waals surface area contributed by atoms with Gasteiger partial charge in [0.15, 0.2) is 5.65 Å². The van der Waals surface area contributed by atoms with Crippen LogP contribution in [-0.4, -0.2) is 66.6 Å². The Kier molecular flexibility index (Phi) is 4.81. The van der Waals surface area contributed by atoms with Crippen LogP contribution in [0.15, 0.2) is 36.1 Å². The second-order valence-electron chi connectivity index (χ2n) is 7.78. The highest BCUT2D eigenvalue weighted by molar-refractivity contribution is 5.89. The van der Waals surface area contributed by atoms with E-state index in [1.54, 1.807) is 0 Å². The van der Waals surface area contributed by atoms with Crippen LogP contribution < -0.4 is 15.1 Å². The molecule has 2 fully saturated rings. The van der Waals surface area contributed by atoms with Crippen LogP contribution in [-0.2, 0) is 9.47 Å². The van der Waals surface area contributed by atoms with Gasteiger partial charge in [-0.25, -0.2) is 4.98 Å². The fraction of sp³-hybridized carbons (Fsp3) is 0.476. The number of nitrogens with one attached hydrogen (secondary N) is 1. The molecule has 4 heterocycles. The molecular weight excluding hydrogens is 368 g/mol. The molecule has 152 valence electrons. The van der Waals surface area contributed by atoms with E-state index in [4.69, 9.17) is 24.4 Å². The van der Waals surface area contributed by atoms with E-state index in [2.05, 4.69) is 35.0 Å². The molecule has 2 aromatic rings. The summed E-state index contributed by atoms with van der Waals surface area (Å²) in [5.41, 5.74) is 1.76. The fourth-order valence-electron chi connectivity index (χ4n) is 3.97. The van der Waals surface area contributed by atoms with Crippen molar-refractivity contribution in [2.75, 3.05) is 54.5 Å². The van der Waals surface area contributed by atoms with E-state index in [-0.39, 0.29) is 12.2 Å². The minimum Gasteiger partial charge on any atom is -0.378 e. The molecular formula is C21H26N6O2. The van der Waals surface area contributed by atoms with Gasteiger partial charge in [0.2, 0.25) is 5.95 Å². The van der Waals surface area contributed by atoms with E-state index in [0.29, 0.717) is 24.8 Å². The van der Waals surface area contributed by atoms with Gasteiger partial charge >= 0.3 is 0 Å². The standard InChI is InChI=1S/C21H26N6O2/c1-14-12-27(13-15(2)29-14)21-24-19-17(20(25-21)26-8-10-28-11-9-26)6-7-18(23-19)22-16-4-3-5-16/h3-7,14-15H,8-13H2,1-2H3,(H,22,23,24,25). The first-order valence-corrected chi connectivity index (χ1v) is 10.2. The predicted octanol–water partition coefficient (Wildman–Crippen LogP) is 2.34. The van der Waals surface area contributed by atoms with Crippen molar-refractivity contribution < 1.29 is 9.47 Å². The van der Waals surface area contributed by atoms with Crippen molar-refractivity contribution in [1.82, 2.24) is 15.0 Å². The Bertz CT molecular complexity index is 959. The lowest BCUT2D eigenvalue weighted by molar-refractivity contribution is -0.00570. The Hall–Kier alpha value is -2.71. The van der Waals surface area contributed by atoms with Gasteiger partial charge in [0.1, 0.15) is 11.6 Å². The molecule has 2 saturated heterocycles. The van der Waals surface area contributed by atoms with Crippen LogP contribution in [0.2, 0.25) is 0 Å². The van der Waals surface area contributed by atoms with Crippen molar-refractivity contribution in [3.05, 3.63) is 36.1 Å². The van der Waals surface area contributed by atoms with Crippen LogP contribution in [0.4, 0.5) is 17.6 Å². The van der Waals surface area contributed by atoms with Crippen LogP contribution in [0.25, 0.3) is 11.0 Å². The molecule has 8 nitrogen and oxygen atoms in total. The van der Waals surface area contributed by atoms with Gasteiger partial charge in [-0.1, -0.05) is 6.08 Å². The van der Waals surface area contributed by atoms with Crippen molar-refractivity contribution in [2.24, 2.45) is 0 Å². The van der Waals surface area contributed by atoms with E-state index >= 15 is 0 Å². The van der Waals surface area contributed by atoms with Crippen molar-refractivity contribution in [3.63, 3.8) is 0 Å². The number of aromatic nitrogens is 3. The van der Waals surface area contributed by atoms with E-state index in [9.17, 15) is 0 Å². The van der Waals surface area contributed by atoms with E-state index in [1.807, 2.05) is 24.3 Å². The lowest BCUT2D eigenvalue weighted by Crippen LogP contribution is -2.46. The molecule has 0 bridgehead atoms. The smallest absolute Gasteiger partial charge is 0.229 e. The summed E-state index contributed by atoms with van der Waals surface area (Å²) in [6.07, 6.45) is 6.33. The molecule has 8 heteroatoms. The quantitative estimate of drug-likeness (QED) is 0.847. The van der Waals surface area contributed by atoms with Gasteiger partial charge in [-0.3, -0.25) is 0 Å². The molecule has 29 heavy (non-hydrogen) atoms. The second kappa shape index (κ2) is 7.61. The molecule has 5 rings (SSSR count). The Morgan fingerprint density at radius 3 is 2.45 bits per heavy atom. The van der Waals surface area contributed by atoms with Crippen molar-refractivity contribution in [3.8, 4) is 0 Å². The number of fused-ring (bicyclic) bond motifs is 1. The monoisotopic (exact) mass is 394 g/mol. The van der Waals surface area contributed by atoms with Crippen LogP contribution in [0, 0.1) is 0 Å². The zero-order valence-electron chi connectivity index (χ0n) is 16.8. The van der Waals surface area contributed by atoms with Crippen LogP contribution in [0.5, 0.6) is 0 Å². The minimum atomic E-state index is 0.142. The van der Waals surface area contributed by atoms with Gasteiger partial charge in [-0.05, 0) is 38.1 Å². The molecule has 0 radical (unpaired) electrons. The Balaban J connectivity index is 1.56. The maximum atomic E-state index is 5.89. The highest BCUT2D eigenvalue weighted by Gasteiger charge is 2.26. The molecule has 2 aliphatic heterocycles. The van der Waals surface area contributed by atoms with Crippen molar-refractivity contribution >= 4 is 28.6 Å². The number of pyridine rings is 1. The lowest BCUT2D eigenvalue weighted by atomic mass is 10.2. The molecule has 2 unspecified atom stereocenters. The molecule has 0 aromatic carbocycles. The van der Waals surface area contributed by atoms with Gasteiger partial charge in [-0.2, -0.15) is 9.97 Å². The summed E-state index contributed by atoms with van der Waals surface area (Å²) in [5.74, 6) is 2.43. The molecule has 0 spiro atoms. The average molecular weight is 394 g/mol. The Labute approximate surface area is 170 Å². The third-order valence-electron chi connectivity index (χ3n) is 5.36. The van der Waals surface area contributed by atoms with E-state index < -0.39 is 0 Å². The summed E-state index contributed by atoms with van der Waals surface area (Å²) < 4.78 is 11.4. The third kappa shape index (κ3) is 3.77. The molecule has 1 aliphatic carbocycles.